The number of urea groups is 1. The number of primary amides is 1. The molecule has 2 amide bonds. The summed E-state index contributed by atoms with van der Waals surface area (Å²) in [5, 5.41) is 2.43. The number of ether oxygens (including phenoxy) is 1. The number of carbonyl (C=O) groups is 3. The zero-order chi connectivity index (χ0) is 17.3. The van der Waals surface area contributed by atoms with E-state index in [9.17, 15) is 14.4 Å². The van der Waals surface area contributed by atoms with E-state index in [0.29, 0.717) is 30.7 Å². The molecule has 4 bridgehead atoms. The molecule has 4 rings (SSSR count). The van der Waals surface area contributed by atoms with Gasteiger partial charge < -0.3 is 15.8 Å². The van der Waals surface area contributed by atoms with Crippen molar-refractivity contribution in [3.8, 4) is 0 Å². The summed E-state index contributed by atoms with van der Waals surface area (Å²) in [6.45, 7) is 2.04. The molecule has 6 nitrogen and oxygen atoms in total. The van der Waals surface area contributed by atoms with Gasteiger partial charge in [0.1, 0.15) is 0 Å². The van der Waals surface area contributed by atoms with Gasteiger partial charge in [0.05, 0.1) is 0 Å². The molecule has 4 aliphatic rings. The van der Waals surface area contributed by atoms with Crippen LogP contribution in [0.3, 0.4) is 0 Å². The minimum Gasteiger partial charge on any atom is -0.455 e. The van der Waals surface area contributed by atoms with Crippen LogP contribution in [0.15, 0.2) is 0 Å². The number of nitrogens with one attached hydrogen (secondary N) is 1. The number of hydrogen-bond acceptors (Lipinski definition) is 4. The first-order valence-corrected chi connectivity index (χ1v) is 9.15. The third kappa shape index (κ3) is 3.57. The van der Waals surface area contributed by atoms with Gasteiger partial charge in [0.15, 0.2) is 11.9 Å². The zero-order valence-electron chi connectivity index (χ0n) is 14.4. The van der Waals surface area contributed by atoms with E-state index in [1.165, 1.54) is 19.3 Å². The molecule has 0 heterocycles. The summed E-state index contributed by atoms with van der Waals surface area (Å²) in [5.74, 6) is 1.84. The maximum Gasteiger partial charge on any atom is 0.312 e. The van der Waals surface area contributed by atoms with E-state index in [0.717, 1.165) is 19.3 Å². The Hall–Kier alpha value is -1.59. The molecule has 0 aromatic rings. The Labute approximate surface area is 142 Å². The molecule has 3 N–H and O–H groups in total. The van der Waals surface area contributed by atoms with Gasteiger partial charge in [-0.05, 0) is 69.6 Å². The summed E-state index contributed by atoms with van der Waals surface area (Å²) < 4.78 is 5.38. The highest BCUT2D eigenvalue weighted by molar-refractivity contribution is 5.90. The fourth-order valence-electron chi connectivity index (χ4n) is 5.60. The Kier molecular flexibility index (Phi) is 4.83. The minimum absolute atomic E-state index is 0.130. The van der Waals surface area contributed by atoms with Crippen LogP contribution in [0.4, 0.5) is 4.79 Å². The number of rotatable bonds is 7. The number of ketones is 1. The fourth-order valence-corrected chi connectivity index (χ4v) is 5.60. The first kappa shape index (κ1) is 17.2. The van der Waals surface area contributed by atoms with Crippen LogP contribution in [0, 0.1) is 23.2 Å². The molecule has 1 atom stereocenters. The Morgan fingerprint density at radius 3 is 2.17 bits per heavy atom. The topological polar surface area (TPSA) is 98.5 Å². The van der Waals surface area contributed by atoms with E-state index in [2.05, 4.69) is 5.32 Å². The van der Waals surface area contributed by atoms with Crippen molar-refractivity contribution in [2.24, 2.45) is 28.9 Å². The highest BCUT2D eigenvalue weighted by Gasteiger charge is 2.55. The molecule has 0 aromatic heterocycles. The summed E-state index contributed by atoms with van der Waals surface area (Å²) in [7, 11) is 0. The van der Waals surface area contributed by atoms with E-state index >= 15 is 0 Å². The van der Waals surface area contributed by atoms with Gasteiger partial charge in [0.2, 0.25) is 0 Å². The van der Waals surface area contributed by atoms with Crippen molar-refractivity contribution < 1.29 is 19.1 Å². The van der Waals surface area contributed by atoms with Crippen LogP contribution in [0.5, 0.6) is 0 Å². The molecular formula is C18H28N2O4. The molecule has 0 aromatic carbocycles. The third-order valence-electron chi connectivity index (χ3n) is 6.10. The molecular weight excluding hydrogens is 308 g/mol. The number of carbonyl (C=O) groups excluding carboxylic acids is 3. The van der Waals surface area contributed by atoms with Gasteiger partial charge in [-0.15, -0.1) is 0 Å². The summed E-state index contributed by atoms with van der Waals surface area (Å²) in [4.78, 5) is 35.5. The predicted molar refractivity (Wildman–Crippen MR) is 88.0 cm³/mol. The maximum absolute atomic E-state index is 13.0. The van der Waals surface area contributed by atoms with Crippen molar-refractivity contribution >= 4 is 17.8 Å². The standard InChI is InChI=1S/C18H28N2O4/c1-11(24-15(21)3-2-4-20-17(19)23)16(22)18-8-12-5-13(9-18)7-14(6-12)10-18/h11-14H,2-10H2,1H3,(H3,19,20,23)/t11-,12?,13?,14?,18?/m1/s1. The fraction of sp³-hybridized carbons (Fsp3) is 0.833. The molecule has 4 saturated carbocycles. The van der Waals surface area contributed by atoms with Gasteiger partial charge in [-0.3, -0.25) is 9.59 Å². The quantitative estimate of drug-likeness (QED) is 0.550. The SMILES string of the molecule is C[C@@H](OC(=O)CCCNC(N)=O)C(=O)C12CC3CC(CC(C3)C1)C2. The Morgan fingerprint density at radius 1 is 1.12 bits per heavy atom. The van der Waals surface area contributed by atoms with Crippen LogP contribution in [0.1, 0.15) is 58.3 Å². The van der Waals surface area contributed by atoms with Crippen molar-refractivity contribution in [1.29, 1.82) is 0 Å². The Balaban J connectivity index is 1.50. The van der Waals surface area contributed by atoms with Crippen molar-refractivity contribution in [2.75, 3.05) is 6.54 Å². The highest BCUT2D eigenvalue weighted by atomic mass is 16.5. The lowest BCUT2D eigenvalue weighted by Gasteiger charge is -2.56. The average molecular weight is 336 g/mol. The lowest BCUT2D eigenvalue weighted by Crippen LogP contribution is -2.52. The minimum atomic E-state index is -0.669. The zero-order valence-corrected chi connectivity index (χ0v) is 14.4. The normalized spacial score (nSPS) is 34.6. The van der Waals surface area contributed by atoms with E-state index < -0.39 is 12.1 Å². The molecule has 0 aliphatic heterocycles. The molecule has 4 fully saturated rings. The van der Waals surface area contributed by atoms with Crippen LogP contribution in [-0.4, -0.2) is 30.4 Å². The summed E-state index contributed by atoms with van der Waals surface area (Å²) in [6.07, 6.45) is 6.79. The van der Waals surface area contributed by atoms with E-state index in [4.69, 9.17) is 10.5 Å². The summed E-state index contributed by atoms with van der Waals surface area (Å²) in [6, 6.07) is -0.603. The van der Waals surface area contributed by atoms with E-state index in [1.54, 1.807) is 6.92 Å². The third-order valence-corrected chi connectivity index (χ3v) is 6.10. The van der Waals surface area contributed by atoms with Gasteiger partial charge in [-0.2, -0.15) is 0 Å². The molecule has 134 valence electrons. The van der Waals surface area contributed by atoms with Crippen LogP contribution < -0.4 is 11.1 Å². The number of amides is 2. The lowest BCUT2D eigenvalue weighted by atomic mass is 9.48. The number of esters is 1. The van der Waals surface area contributed by atoms with Crippen molar-refractivity contribution in [2.45, 2.75) is 64.4 Å². The van der Waals surface area contributed by atoms with Gasteiger partial charge in [0, 0.05) is 18.4 Å². The first-order valence-electron chi connectivity index (χ1n) is 9.15. The number of hydrogen-bond donors (Lipinski definition) is 2. The maximum atomic E-state index is 13.0. The molecule has 24 heavy (non-hydrogen) atoms. The second-order valence-electron chi connectivity index (χ2n) is 8.09. The van der Waals surface area contributed by atoms with Gasteiger partial charge >= 0.3 is 12.0 Å². The second-order valence-corrected chi connectivity index (χ2v) is 8.09. The molecule has 6 heteroatoms. The van der Waals surface area contributed by atoms with Crippen molar-refractivity contribution in [3.05, 3.63) is 0 Å². The smallest absolute Gasteiger partial charge is 0.312 e. The molecule has 4 aliphatic carbocycles. The monoisotopic (exact) mass is 336 g/mol. The molecule has 0 spiro atoms. The van der Waals surface area contributed by atoms with Crippen LogP contribution in [-0.2, 0) is 14.3 Å². The van der Waals surface area contributed by atoms with Gasteiger partial charge in [-0.25, -0.2) is 4.79 Å². The summed E-state index contributed by atoms with van der Waals surface area (Å²) >= 11 is 0. The number of Topliss-reactive ketones (excluding diaryl/α,β-unsaturated/α-hetero) is 1. The molecule has 0 unspecified atom stereocenters. The molecule has 0 saturated heterocycles. The van der Waals surface area contributed by atoms with Crippen LogP contribution in [0.2, 0.25) is 0 Å². The van der Waals surface area contributed by atoms with E-state index in [-0.39, 0.29) is 23.6 Å². The van der Waals surface area contributed by atoms with Crippen LogP contribution >= 0.6 is 0 Å². The van der Waals surface area contributed by atoms with Gasteiger partial charge in [-0.1, -0.05) is 0 Å². The predicted octanol–water partition coefficient (Wildman–Crippen LogP) is 2.15. The number of nitrogens with two attached hydrogens (primary N) is 1. The van der Waals surface area contributed by atoms with Crippen LogP contribution in [0.25, 0.3) is 0 Å². The lowest BCUT2D eigenvalue weighted by molar-refractivity contribution is -0.165. The Bertz CT molecular complexity index is 496. The Morgan fingerprint density at radius 2 is 1.67 bits per heavy atom. The highest BCUT2D eigenvalue weighted by Crippen LogP contribution is 2.60. The van der Waals surface area contributed by atoms with Crippen molar-refractivity contribution in [1.82, 2.24) is 5.32 Å². The molecule has 0 radical (unpaired) electrons. The van der Waals surface area contributed by atoms with Crippen molar-refractivity contribution in [3.63, 3.8) is 0 Å². The second kappa shape index (κ2) is 6.73. The summed E-state index contributed by atoms with van der Waals surface area (Å²) in [5.41, 5.74) is 4.73. The average Bonchev–Trinajstić information content (AvgIpc) is 2.49. The van der Waals surface area contributed by atoms with E-state index in [1.807, 2.05) is 0 Å². The van der Waals surface area contributed by atoms with Gasteiger partial charge in [0.25, 0.3) is 0 Å². The first-order chi connectivity index (χ1) is 11.4. The largest absolute Gasteiger partial charge is 0.455 e.